The van der Waals surface area contributed by atoms with Crippen LogP contribution in [0, 0.1) is 0 Å². The maximum atomic E-state index is 12.0. The molecule has 0 radical (unpaired) electrons. The van der Waals surface area contributed by atoms with Crippen molar-refractivity contribution >= 4 is 14.0 Å². The number of aliphatic carboxylic acids is 1. The Morgan fingerprint density at radius 1 is 1.24 bits per heavy atom. The second kappa shape index (κ2) is 6.12. The summed E-state index contributed by atoms with van der Waals surface area (Å²) in [6.07, 6.45) is 3.09. The molecule has 2 N–H and O–H groups in total. The van der Waals surface area contributed by atoms with E-state index in [0.29, 0.717) is 11.1 Å². The van der Waals surface area contributed by atoms with Gasteiger partial charge >= 0.3 is 19.2 Å². The van der Waals surface area contributed by atoms with Crippen LogP contribution in [-0.4, -0.2) is 21.0 Å². The summed E-state index contributed by atoms with van der Waals surface area (Å²) < 4.78 is 12.0. The highest BCUT2D eigenvalue weighted by Crippen LogP contribution is 2.53. The molecule has 0 fully saturated rings. The smallest absolute Gasteiger partial charge is 0.477 e. The summed E-state index contributed by atoms with van der Waals surface area (Å²) in [5, 5.41) is 7.81. The molecule has 2 rings (SSSR count). The van der Waals surface area contributed by atoms with E-state index in [-0.39, 0.29) is 0 Å². The van der Waals surface area contributed by atoms with E-state index in [1.807, 2.05) is 0 Å². The zero-order valence-electron chi connectivity index (χ0n) is 11.4. The first-order valence-corrected chi connectivity index (χ1v) is 7.57. The number of pyridine rings is 1. The predicted molar refractivity (Wildman–Crippen MR) is 78.2 cm³/mol. The number of aromatic nitrogens is 1. The number of carboxylic acids is 1. The van der Waals surface area contributed by atoms with Crippen molar-refractivity contribution < 1.29 is 19.4 Å². The summed E-state index contributed by atoms with van der Waals surface area (Å²) in [6.45, 7) is 1.63. The van der Waals surface area contributed by atoms with Crippen molar-refractivity contribution in [2.45, 2.75) is 18.0 Å². The standard InChI is InChI=1S/C15H14NO4P/c1-11(12-6-5-9-16-10-12)15(14(17)18,21(19)20)13-7-3-2-4-8-13/h2-11H,1H3,(H-,17,18,19,20)/p+1. The third kappa shape index (κ3) is 2.58. The third-order valence-corrected chi connectivity index (χ3v) is 5.09. The van der Waals surface area contributed by atoms with Crippen LogP contribution in [-0.2, 0) is 14.5 Å². The molecule has 6 heteroatoms. The van der Waals surface area contributed by atoms with Crippen molar-refractivity contribution in [2.24, 2.45) is 0 Å². The first-order valence-electron chi connectivity index (χ1n) is 6.36. The van der Waals surface area contributed by atoms with E-state index in [1.165, 1.54) is 6.20 Å². The summed E-state index contributed by atoms with van der Waals surface area (Å²) in [5.74, 6) is -2.03. The molecule has 0 aliphatic carbocycles. The molecule has 0 amide bonds. The quantitative estimate of drug-likeness (QED) is 0.829. The molecule has 0 aliphatic heterocycles. The molecule has 0 saturated carbocycles. The van der Waals surface area contributed by atoms with Gasteiger partial charge in [-0.3, -0.25) is 4.98 Å². The topological polar surface area (TPSA) is 87.5 Å². The number of rotatable bonds is 5. The lowest BCUT2D eigenvalue weighted by Crippen LogP contribution is -2.37. The Bertz CT molecular complexity index is 631. The zero-order chi connectivity index (χ0) is 15.5. The van der Waals surface area contributed by atoms with Gasteiger partial charge < -0.3 is 5.11 Å². The first-order chi connectivity index (χ1) is 10.0. The highest BCUT2D eigenvalue weighted by molar-refractivity contribution is 7.41. The summed E-state index contributed by atoms with van der Waals surface area (Å²) in [5.41, 5.74) is 0.901. The monoisotopic (exact) mass is 304 g/mol. The molecule has 3 atom stereocenters. The number of carbonyl (C=O) groups is 1. The Morgan fingerprint density at radius 2 is 1.90 bits per heavy atom. The fourth-order valence-corrected chi connectivity index (χ4v) is 3.50. The normalized spacial score (nSPS) is 15.8. The van der Waals surface area contributed by atoms with Crippen LogP contribution in [0.1, 0.15) is 24.0 Å². The van der Waals surface area contributed by atoms with E-state index in [0.717, 1.165) is 0 Å². The molecule has 0 bridgehead atoms. The molecule has 1 aromatic carbocycles. The third-order valence-electron chi connectivity index (χ3n) is 3.65. The molecule has 0 aliphatic rings. The van der Waals surface area contributed by atoms with E-state index in [9.17, 15) is 19.4 Å². The van der Waals surface area contributed by atoms with E-state index in [1.54, 1.807) is 55.6 Å². The van der Waals surface area contributed by atoms with Gasteiger partial charge in [0, 0.05) is 18.0 Å². The molecule has 21 heavy (non-hydrogen) atoms. The van der Waals surface area contributed by atoms with Crippen LogP contribution in [0.3, 0.4) is 0 Å². The Labute approximate surface area is 123 Å². The number of benzene rings is 1. The van der Waals surface area contributed by atoms with Crippen LogP contribution in [0.4, 0.5) is 0 Å². The molecule has 1 heterocycles. The number of hydrogen-bond donors (Lipinski definition) is 2. The van der Waals surface area contributed by atoms with Crippen LogP contribution >= 0.6 is 8.03 Å². The SMILES string of the molecule is CC(c1cccnc1)C(C(=O)O)(c1ccccc1)[P+](=O)O. The van der Waals surface area contributed by atoms with Crippen molar-refractivity contribution in [3.05, 3.63) is 66.0 Å². The second-order valence-electron chi connectivity index (χ2n) is 4.72. The van der Waals surface area contributed by atoms with Gasteiger partial charge in [0.2, 0.25) is 0 Å². The van der Waals surface area contributed by atoms with E-state index in [2.05, 4.69) is 4.98 Å². The fourth-order valence-electron chi connectivity index (χ4n) is 2.48. The Kier molecular flexibility index (Phi) is 4.46. The van der Waals surface area contributed by atoms with E-state index in [4.69, 9.17) is 0 Å². The maximum absolute atomic E-state index is 12.0. The number of hydrogen-bond acceptors (Lipinski definition) is 3. The van der Waals surface area contributed by atoms with Crippen LogP contribution in [0.2, 0.25) is 0 Å². The predicted octanol–water partition coefficient (Wildman–Crippen LogP) is 2.90. The minimum atomic E-state index is -3.00. The summed E-state index contributed by atoms with van der Waals surface area (Å²) >= 11 is 0. The van der Waals surface area contributed by atoms with Crippen LogP contribution in [0.25, 0.3) is 0 Å². The first kappa shape index (κ1) is 15.3. The molecule has 0 saturated heterocycles. The van der Waals surface area contributed by atoms with Crippen molar-refractivity contribution in [1.29, 1.82) is 0 Å². The summed E-state index contributed by atoms with van der Waals surface area (Å²) in [4.78, 5) is 25.7. The zero-order valence-corrected chi connectivity index (χ0v) is 12.3. The number of carboxylic acid groups (broad SMARTS) is 1. The van der Waals surface area contributed by atoms with Gasteiger partial charge in [-0.2, -0.15) is 4.89 Å². The van der Waals surface area contributed by atoms with E-state index < -0.39 is 25.1 Å². The summed E-state index contributed by atoms with van der Waals surface area (Å²) in [6, 6.07) is 11.5. The van der Waals surface area contributed by atoms with Gasteiger partial charge in [-0.15, -0.1) is 0 Å². The van der Waals surface area contributed by atoms with Crippen molar-refractivity contribution in [3.8, 4) is 0 Å². The van der Waals surface area contributed by atoms with E-state index >= 15 is 0 Å². The average molecular weight is 304 g/mol. The Morgan fingerprint density at radius 3 is 2.38 bits per heavy atom. The van der Waals surface area contributed by atoms with Crippen molar-refractivity contribution in [2.75, 3.05) is 0 Å². The van der Waals surface area contributed by atoms with Gasteiger partial charge in [-0.05, 0) is 16.2 Å². The lowest BCUT2D eigenvalue weighted by Gasteiger charge is -2.24. The summed E-state index contributed by atoms with van der Waals surface area (Å²) in [7, 11) is -3.00. The molecule has 5 nitrogen and oxygen atoms in total. The average Bonchev–Trinajstić information content (AvgIpc) is 2.49. The molecule has 2 aromatic rings. The lowest BCUT2D eigenvalue weighted by molar-refractivity contribution is -0.141. The fraction of sp³-hybridized carbons (Fsp3) is 0.200. The Hall–Kier alpha value is -2.10. The largest absolute Gasteiger partial charge is 0.529 e. The maximum Gasteiger partial charge on any atom is 0.529 e. The Balaban J connectivity index is 2.67. The minimum Gasteiger partial charge on any atom is -0.477 e. The highest BCUT2D eigenvalue weighted by Gasteiger charge is 2.63. The van der Waals surface area contributed by atoms with Gasteiger partial charge in [-0.1, -0.05) is 43.3 Å². The van der Waals surface area contributed by atoms with Crippen LogP contribution in [0.5, 0.6) is 0 Å². The molecular weight excluding hydrogens is 289 g/mol. The van der Waals surface area contributed by atoms with Gasteiger partial charge in [0.15, 0.2) is 0 Å². The highest BCUT2D eigenvalue weighted by atomic mass is 31.1. The van der Waals surface area contributed by atoms with Crippen molar-refractivity contribution in [1.82, 2.24) is 4.98 Å². The minimum absolute atomic E-state index is 0.303. The molecule has 108 valence electrons. The second-order valence-corrected chi connectivity index (χ2v) is 5.97. The molecule has 3 unspecified atom stereocenters. The van der Waals surface area contributed by atoms with Crippen molar-refractivity contribution in [3.63, 3.8) is 0 Å². The van der Waals surface area contributed by atoms with Gasteiger partial charge in [0.1, 0.15) is 0 Å². The van der Waals surface area contributed by atoms with Crippen LogP contribution < -0.4 is 0 Å². The molecular formula is C15H15NO4P+. The van der Waals surface area contributed by atoms with Crippen LogP contribution in [0.15, 0.2) is 54.9 Å². The molecule has 0 spiro atoms. The van der Waals surface area contributed by atoms with Gasteiger partial charge in [0.05, 0.1) is 5.92 Å². The molecule has 1 aromatic heterocycles. The number of nitrogens with zero attached hydrogens (tertiary/aromatic N) is 1. The van der Waals surface area contributed by atoms with Gasteiger partial charge in [0.25, 0.3) is 0 Å². The van der Waals surface area contributed by atoms with Gasteiger partial charge in [-0.25, -0.2) is 4.79 Å². The lowest BCUT2D eigenvalue weighted by atomic mass is 9.82.